The first-order chi connectivity index (χ1) is 18.4. The highest BCUT2D eigenvalue weighted by molar-refractivity contribution is 7.92. The van der Waals surface area contributed by atoms with E-state index in [9.17, 15) is 8.42 Å². The molecule has 2 heterocycles. The third-order valence-electron chi connectivity index (χ3n) is 9.30. The van der Waals surface area contributed by atoms with Crippen LogP contribution in [-0.4, -0.2) is 18.4 Å². The van der Waals surface area contributed by atoms with E-state index in [0.717, 1.165) is 47.3 Å². The van der Waals surface area contributed by atoms with Crippen LogP contribution in [0, 0.1) is 36.5 Å². The summed E-state index contributed by atoms with van der Waals surface area (Å²) in [6.45, 7) is 11.1. The van der Waals surface area contributed by atoms with Crippen LogP contribution < -0.4 is 4.72 Å². The summed E-state index contributed by atoms with van der Waals surface area (Å²) in [5, 5.41) is 0. The van der Waals surface area contributed by atoms with Crippen molar-refractivity contribution in [2.24, 2.45) is 22.7 Å². The van der Waals surface area contributed by atoms with Crippen LogP contribution in [0.3, 0.4) is 0 Å². The van der Waals surface area contributed by atoms with Gasteiger partial charge >= 0.3 is 0 Å². The second-order valence-corrected chi connectivity index (χ2v) is 15.5. The van der Waals surface area contributed by atoms with Gasteiger partial charge in [0.15, 0.2) is 0 Å². The van der Waals surface area contributed by atoms with E-state index in [-0.39, 0.29) is 11.4 Å². The fraction of sp³-hybridized carbons (Fsp3) is 0.515. The van der Waals surface area contributed by atoms with Gasteiger partial charge in [-0.15, -0.1) is 0 Å². The maximum atomic E-state index is 13.7. The summed E-state index contributed by atoms with van der Waals surface area (Å²) in [6, 6.07) is 16.0. The van der Waals surface area contributed by atoms with Crippen molar-refractivity contribution in [2.75, 3.05) is 4.72 Å². The molecular formula is C33H41N3O2S. The summed E-state index contributed by atoms with van der Waals surface area (Å²) in [5.74, 6) is 1.55. The Kier molecular flexibility index (Phi) is 6.41. The molecule has 4 bridgehead atoms. The first-order valence-corrected chi connectivity index (χ1v) is 16.0. The van der Waals surface area contributed by atoms with Gasteiger partial charge < -0.3 is 0 Å². The number of aromatic nitrogens is 2. The molecule has 1 aliphatic heterocycles. The number of nitrogens with one attached hydrogen (secondary N) is 1. The molecule has 2 fully saturated rings. The lowest BCUT2D eigenvalue weighted by atomic mass is 9.59. The van der Waals surface area contributed by atoms with Gasteiger partial charge in [0.1, 0.15) is 0 Å². The van der Waals surface area contributed by atoms with Crippen LogP contribution in [0.1, 0.15) is 87.6 Å². The fourth-order valence-electron chi connectivity index (χ4n) is 7.44. The number of aryl methyl sites for hydroxylation is 3. The number of hydrogen-bond donors (Lipinski definition) is 1. The number of sulfonamides is 1. The van der Waals surface area contributed by atoms with Crippen LogP contribution in [0.15, 0.2) is 53.4 Å². The maximum Gasteiger partial charge on any atom is 0.264 e. The molecule has 5 nitrogen and oxygen atoms in total. The molecule has 0 amide bonds. The zero-order valence-corrected chi connectivity index (χ0v) is 24.7. The van der Waals surface area contributed by atoms with Gasteiger partial charge in [-0.2, -0.15) is 0 Å². The van der Waals surface area contributed by atoms with E-state index in [4.69, 9.17) is 9.97 Å². The normalized spacial score (nSPS) is 23.7. The maximum absolute atomic E-state index is 13.7. The Morgan fingerprint density at radius 2 is 1.67 bits per heavy atom. The fourth-order valence-corrected chi connectivity index (χ4v) is 8.43. The first-order valence-electron chi connectivity index (χ1n) is 14.5. The molecule has 0 saturated heterocycles. The zero-order valence-electron chi connectivity index (χ0n) is 23.9. The molecule has 0 radical (unpaired) electrons. The van der Waals surface area contributed by atoms with Gasteiger partial charge in [0.05, 0.1) is 10.6 Å². The van der Waals surface area contributed by atoms with Gasteiger partial charge in [-0.25, -0.2) is 23.1 Å². The topological polar surface area (TPSA) is 72.0 Å². The molecule has 39 heavy (non-hydrogen) atoms. The number of rotatable bonds is 3. The minimum atomic E-state index is -3.84. The number of benzene rings is 2. The summed E-state index contributed by atoms with van der Waals surface area (Å²) in [6.07, 6.45) is 8.20. The Morgan fingerprint density at radius 1 is 0.974 bits per heavy atom. The highest BCUT2D eigenvalue weighted by atomic mass is 32.2. The molecule has 3 aromatic rings. The Hall–Kier alpha value is -2.73. The standard InChI is InChI=1S/C33H41N3O2S/c1-21-8-6-9-22(2)29(21)28-17-26-13-12-24(18-32(3,4)5)30(25-19-33(20-25)14-15-33)23-10-7-11-27(16-23)39(37,38)36-31(34-26)35-28/h6-11,16-17,24-25,30H,12-15,18-20H2,1-5H3,(H,34,35,36)/t24-,30?/m0/s1. The van der Waals surface area contributed by atoms with Crippen LogP contribution in [0.5, 0.6) is 0 Å². The second kappa shape index (κ2) is 9.43. The number of nitrogens with zero attached hydrogens (tertiary/aromatic N) is 2. The first kappa shape index (κ1) is 26.5. The highest BCUT2D eigenvalue weighted by Crippen LogP contribution is 2.67. The van der Waals surface area contributed by atoms with Crippen LogP contribution in [0.2, 0.25) is 0 Å². The Labute approximate surface area is 233 Å². The number of hydrogen-bond acceptors (Lipinski definition) is 4. The van der Waals surface area contributed by atoms with E-state index in [0.29, 0.717) is 28.1 Å². The molecule has 2 aliphatic carbocycles. The van der Waals surface area contributed by atoms with Crippen molar-refractivity contribution in [1.29, 1.82) is 0 Å². The van der Waals surface area contributed by atoms with Gasteiger partial charge in [0.2, 0.25) is 5.95 Å². The Balaban J connectivity index is 1.48. The molecule has 2 saturated carbocycles. The van der Waals surface area contributed by atoms with E-state index >= 15 is 0 Å². The van der Waals surface area contributed by atoms with E-state index in [1.165, 1.54) is 31.2 Å². The van der Waals surface area contributed by atoms with Crippen molar-refractivity contribution < 1.29 is 8.42 Å². The van der Waals surface area contributed by atoms with E-state index < -0.39 is 10.0 Å². The largest absolute Gasteiger partial charge is 0.264 e. The molecular weight excluding hydrogens is 502 g/mol. The van der Waals surface area contributed by atoms with E-state index in [2.05, 4.69) is 63.6 Å². The molecule has 1 aromatic heterocycles. The smallest absolute Gasteiger partial charge is 0.247 e. The molecule has 6 heteroatoms. The lowest BCUT2D eigenvalue weighted by molar-refractivity contribution is 0.0916. The molecule has 3 aliphatic rings. The lowest BCUT2D eigenvalue weighted by Gasteiger charge is -2.46. The van der Waals surface area contributed by atoms with Crippen LogP contribution in [-0.2, 0) is 16.4 Å². The molecule has 6 rings (SSSR count). The van der Waals surface area contributed by atoms with E-state index in [1.54, 1.807) is 6.07 Å². The van der Waals surface area contributed by atoms with Crippen LogP contribution in [0.25, 0.3) is 11.3 Å². The third kappa shape index (κ3) is 5.37. The summed E-state index contributed by atoms with van der Waals surface area (Å²) in [7, 11) is -3.84. The van der Waals surface area contributed by atoms with Crippen molar-refractivity contribution in [3.63, 3.8) is 0 Å². The van der Waals surface area contributed by atoms with Crippen molar-refractivity contribution in [3.05, 3.63) is 70.9 Å². The van der Waals surface area contributed by atoms with Gasteiger partial charge in [-0.05, 0) is 122 Å². The summed E-state index contributed by atoms with van der Waals surface area (Å²) >= 11 is 0. The molecule has 1 N–H and O–H groups in total. The molecule has 2 aromatic carbocycles. The van der Waals surface area contributed by atoms with Gasteiger partial charge in [-0.3, -0.25) is 0 Å². The predicted octanol–water partition coefficient (Wildman–Crippen LogP) is 7.83. The highest BCUT2D eigenvalue weighted by Gasteiger charge is 2.55. The van der Waals surface area contributed by atoms with Crippen molar-refractivity contribution in [3.8, 4) is 11.3 Å². The van der Waals surface area contributed by atoms with Crippen molar-refractivity contribution in [2.45, 2.75) is 90.4 Å². The minimum Gasteiger partial charge on any atom is -0.247 e. The van der Waals surface area contributed by atoms with Crippen LogP contribution >= 0.6 is 0 Å². The average Bonchev–Trinajstić information content (AvgIpc) is 3.62. The zero-order chi connectivity index (χ0) is 27.6. The van der Waals surface area contributed by atoms with Gasteiger partial charge in [-0.1, -0.05) is 51.1 Å². The minimum absolute atomic E-state index is 0.148. The van der Waals surface area contributed by atoms with Crippen LogP contribution in [0.4, 0.5) is 5.95 Å². The molecule has 1 spiro atoms. The van der Waals surface area contributed by atoms with Crippen molar-refractivity contribution >= 4 is 16.0 Å². The number of fused-ring (bicyclic) bond motifs is 4. The Morgan fingerprint density at radius 3 is 2.33 bits per heavy atom. The summed E-state index contributed by atoms with van der Waals surface area (Å²) < 4.78 is 30.1. The van der Waals surface area contributed by atoms with Gasteiger partial charge in [0.25, 0.3) is 10.0 Å². The lowest BCUT2D eigenvalue weighted by Crippen LogP contribution is -2.35. The predicted molar refractivity (Wildman–Crippen MR) is 157 cm³/mol. The Bertz CT molecular complexity index is 1490. The average molecular weight is 544 g/mol. The second-order valence-electron chi connectivity index (χ2n) is 13.8. The summed E-state index contributed by atoms with van der Waals surface area (Å²) in [4.78, 5) is 9.77. The third-order valence-corrected chi connectivity index (χ3v) is 10.6. The molecule has 2 atom stereocenters. The van der Waals surface area contributed by atoms with Gasteiger partial charge in [0, 0.05) is 11.3 Å². The molecule has 1 unspecified atom stereocenters. The molecule has 206 valence electrons. The quantitative estimate of drug-likeness (QED) is 0.365. The van der Waals surface area contributed by atoms with Crippen molar-refractivity contribution in [1.82, 2.24) is 9.97 Å². The number of anilines is 1. The summed E-state index contributed by atoms with van der Waals surface area (Å²) in [5.41, 5.74) is 6.89. The van der Waals surface area contributed by atoms with E-state index in [1.807, 2.05) is 18.2 Å². The monoisotopic (exact) mass is 543 g/mol. The SMILES string of the molecule is Cc1cccc(C)c1-c1cc2nc(n1)NS(=O)(=O)c1cccc(c1)C(C1CC3(CC3)C1)[C@H](CC(C)(C)C)CC2.